The van der Waals surface area contributed by atoms with Gasteiger partial charge in [0.05, 0.1) is 0 Å². The fraction of sp³-hybridized carbons (Fsp3) is 0.278. The largest absolute Gasteiger partial charge is 0.484 e. The molecule has 0 bridgehead atoms. The molecule has 3 nitrogen and oxygen atoms in total. The molecule has 0 fully saturated rings. The molecule has 1 amide bonds. The number of anilines is 1. The van der Waals surface area contributed by atoms with E-state index in [-0.39, 0.29) is 12.5 Å². The number of aryl methyl sites for hydroxylation is 1. The van der Waals surface area contributed by atoms with Crippen molar-refractivity contribution in [3.05, 3.63) is 57.6 Å². The smallest absolute Gasteiger partial charge is 0.262 e. The third kappa shape index (κ3) is 4.63. The third-order valence-corrected chi connectivity index (χ3v) is 4.13. The van der Waals surface area contributed by atoms with Crippen LogP contribution in [-0.2, 0) is 17.6 Å². The highest BCUT2D eigenvalue weighted by Crippen LogP contribution is 2.29. The van der Waals surface area contributed by atoms with Gasteiger partial charge in [0.25, 0.3) is 5.91 Å². The minimum absolute atomic E-state index is 0.0690. The Balaban J connectivity index is 2.07. The summed E-state index contributed by atoms with van der Waals surface area (Å²) in [5.41, 5.74) is 2.81. The molecule has 2 aromatic rings. The third-order valence-electron chi connectivity index (χ3n) is 3.52. The van der Waals surface area contributed by atoms with E-state index in [0.717, 1.165) is 29.7 Å². The van der Waals surface area contributed by atoms with Crippen molar-refractivity contribution >= 4 is 34.8 Å². The van der Waals surface area contributed by atoms with Gasteiger partial charge in [-0.25, -0.2) is 0 Å². The molecule has 0 spiro atoms. The lowest BCUT2D eigenvalue weighted by atomic mass is 10.0. The molecule has 0 radical (unpaired) electrons. The number of benzene rings is 2. The van der Waals surface area contributed by atoms with Gasteiger partial charge < -0.3 is 10.1 Å². The zero-order chi connectivity index (χ0) is 16.8. The van der Waals surface area contributed by atoms with Crippen molar-refractivity contribution in [2.45, 2.75) is 26.7 Å². The van der Waals surface area contributed by atoms with E-state index in [1.165, 1.54) is 0 Å². The number of hydrogen-bond donors (Lipinski definition) is 1. The number of rotatable bonds is 6. The maximum absolute atomic E-state index is 12.2. The van der Waals surface area contributed by atoms with Gasteiger partial charge in [-0.3, -0.25) is 4.79 Å². The van der Waals surface area contributed by atoms with Crippen molar-refractivity contribution in [1.29, 1.82) is 0 Å². The number of carbonyl (C=O) groups excluding carboxylic acids is 1. The topological polar surface area (TPSA) is 38.3 Å². The Bertz CT molecular complexity index is 684. The molecule has 23 heavy (non-hydrogen) atoms. The Kier molecular flexibility index (Phi) is 6.31. The van der Waals surface area contributed by atoms with Gasteiger partial charge in [0.15, 0.2) is 6.61 Å². The van der Waals surface area contributed by atoms with Gasteiger partial charge in [0.1, 0.15) is 5.75 Å². The maximum atomic E-state index is 12.2. The highest BCUT2D eigenvalue weighted by Gasteiger charge is 2.13. The zero-order valence-electron chi connectivity index (χ0n) is 13.2. The summed E-state index contributed by atoms with van der Waals surface area (Å²) < 4.78 is 5.47. The number of hydrogen-bond acceptors (Lipinski definition) is 2. The molecule has 0 aliphatic rings. The molecule has 0 unspecified atom stereocenters. The van der Waals surface area contributed by atoms with Crippen molar-refractivity contribution in [1.82, 2.24) is 0 Å². The summed E-state index contributed by atoms with van der Waals surface area (Å²) in [6.45, 7) is 3.99. The van der Waals surface area contributed by atoms with Crippen molar-refractivity contribution in [3.63, 3.8) is 0 Å². The van der Waals surface area contributed by atoms with Crippen LogP contribution in [0.25, 0.3) is 0 Å². The van der Waals surface area contributed by atoms with Crippen molar-refractivity contribution < 1.29 is 9.53 Å². The number of carbonyl (C=O) groups is 1. The van der Waals surface area contributed by atoms with E-state index in [2.05, 4.69) is 5.32 Å². The second-order valence-electron chi connectivity index (χ2n) is 5.06. The molecule has 0 saturated heterocycles. The van der Waals surface area contributed by atoms with Gasteiger partial charge in [0.2, 0.25) is 0 Å². The second-order valence-corrected chi connectivity index (χ2v) is 5.90. The van der Waals surface area contributed by atoms with Crippen LogP contribution in [0.3, 0.4) is 0 Å². The normalized spacial score (nSPS) is 10.4. The summed E-state index contributed by atoms with van der Waals surface area (Å²) in [7, 11) is 0. The van der Waals surface area contributed by atoms with Gasteiger partial charge in [-0.05, 0) is 54.3 Å². The summed E-state index contributed by atoms with van der Waals surface area (Å²) in [5.74, 6) is 0.383. The average molecular weight is 352 g/mol. The van der Waals surface area contributed by atoms with Crippen LogP contribution >= 0.6 is 23.2 Å². The van der Waals surface area contributed by atoms with Crippen LogP contribution in [0.4, 0.5) is 5.69 Å². The minimum Gasteiger partial charge on any atom is -0.484 e. The quantitative estimate of drug-likeness (QED) is 0.782. The molecule has 0 aliphatic heterocycles. The van der Waals surface area contributed by atoms with Gasteiger partial charge >= 0.3 is 0 Å². The summed E-state index contributed by atoms with van der Waals surface area (Å²) in [5, 5.41) is 4.22. The summed E-state index contributed by atoms with van der Waals surface area (Å²) in [6.07, 6.45) is 1.57. The van der Waals surface area contributed by atoms with Gasteiger partial charge in [0, 0.05) is 15.7 Å². The highest BCUT2D eigenvalue weighted by atomic mass is 35.5. The molecular formula is C18H19Cl2NO2. The first-order valence-corrected chi connectivity index (χ1v) is 8.29. The monoisotopic (exact) mass is 351 g/mol. The molecule has 122 valence electrons. The fourth-order valence-electron chi connectivity index (χ4n) is 2.32. The molecule has 0 atom stereocenters. The fourth-order valence-corrected chi connectivity index (χ4v) is 2.74. The highest BCUT2D eigenvalue weighted by molar-refractivity contribution is 6.32. The predicted octanol–water partition coefficient (Wildman–Crippen LogP) is 5.14. The number of ether oxygens (including phenoxy) is 1. The summed E-state index contributed by atoms with van der Waals surface area (Å²) in [4.78, 5) is 12.2. The van der Waals surface area contributed by atoms with Gasteiger partial charge in [-0.15, -0.1) is 0 Å². The predicted molar refractivity (Wildman–Crippen MR) is 95.8 cm³/mol. The Morgan fingerprint density at radius 1 is 1.04 bits per heavy atom. The van der Waals surface area contributed by atoms with E-state index in [1.807, 2.05) is 26.0 Å². The lowest BCUT2D eigenvalue weighted by molar-refractivity contribution is -0.118. The zero-order valence-corrected chi connectivity index (χ0v) is 14.7. The summed E-state index contributed by atoms with van der Waals surface area (Å²) >= 11 is 12.1. The van der Waals surface area contributed by atoms with E-state index < -0.39 is 0 Å². The van der Waals surface area contributed by atoms with Crippen LogP contribution in [0.2, 0.25) is 10.0 Å². The Labute approximate surface area is 146 Å². The van der Waals surface area contributed by atoms with Crippen LogP contribution in [0.15, 0.2) is 36.4 Å². The molecule has 1 N–H and O–H groups in total. The molecule has 0 heterocycles. The average Bonchev–Trinajstić information content (AvgIpc) is 2.55. The Morgan fingerprint density at radius 2 is 1.74 bits per heavy atom. The first-order valence-electron chi connectivity index (χ1n) is 7.53. The van der Waals surface area contributed by atoms with E-state index in [9.17, 15) is 4.79 Å². The first-order chi connectivity index (χ1) is 11.0. The molecule has 0 aromatic heterocycles. The first kappa shape index (κ1) is 17.6. The van der Waals surface area contributed by atoms with Crippen molar-refractivity contribution in [2.75, 3.05) is 11.9 Å². The van der Waals surface area contributed by atoms with E-state index in [4.69, 9.17) is 27.9 Å². The van der Waals surface area contributed by atoms with Gasteiger partial charge in [-0.1, -0.05) is 43.1 Å². The van der Waals surface area contributed by atoms with Gasteiger partial charge in [-0.2, -0.15) is 0 Å². The van der Waals surface area contributed by atoms with Crippen molar-refractivity contribution in [3.8, 4) is 5.75 Å². The van der Waals surface area contributed by atoms with Crippen LogP contribution in [0.5, 0.6) is 5.75 Å². The second kappa shape index (κ2) is 8.23. The number of amides is 1. The van der Waals surface area contributed by atoms with E-state index in [1.54, 1.807) is 24.3 Å². The standard InChI is InChI=1S/C18H19Cl2NO2/c1-3-12-5-10-16(20)15(4-2)18(12)21-17(22)11-23-14-8-6-13(19)7-9-14/h5-10H,3-4,11H2,1-2H3,(H,21,22). The summed E-state index contributed by atoms with van der Waals surface area (Å²) in [6, 6.07) is 10.7. The molecule has 2 rings (SSSR count). The Hall–Kier alpha value is -1.71. The lowest BCUT2D eigenvalue weighted by Gasteiger charge is -2.16. The Morgan fingerprint density at radius 3 is 2.35 bits per heavy atom. The number of halogens is 2. The molecule has 2 aromatic carbocycles. The lowest BCUT2D eigenvalue weighted by Crippen LogP contribution is -2.22. The van der Waals surface area contributed by atoms with E-state index >= 15 is 0 Å². The molecular weight excluding hydrogens is 333 g/mol. The van der Waals surface area contributed by atoms with Crippen LogP contribution < -0.4 is 10.1 Å². The molecule has 0 saturated carbocycles. The van der Waals surface area contributed by atoms with E-state index in [0.29, 0.717) is 15.8 Å². The minimum atomic E-state index is -0.216. The van der Waals surface area contributed by atoms with Crippen molar-refractivity contribution in [2.24, 2.45) is 0 Å². The van der Waals surface area contributed by atoms with Crippen LogP contribution in [0.1, 0.15) is 25.0 Å². The molecule has 5 heteroatoms. The van der Waals surface area contributed by atoms with Crippen LogP contribution in [-0.4, -0.2) is 12.5 Å². The maximum Gasteiger partial charge on any atom is 0.262 e. The van der Waals surface area contributed by atoms with Crippen LogP contribution in [0, 0.1) is 0 Å². The SMILES string of the molecule is CCc1ccc(Cl)c(CC)c1NC(=O)COc1ccc(Cl)cc1. The number of nitrogens with one attached hydrogen (secondary N) is 1. The molecule has 0 aliphatic carbocycles.